The normalized spacial score (nSPS) is 54.5. The first-order chi connectivity index (χ1) is 17.6. The number of carbonyl (C=O) groups excluding carboxylic acids is 1. The number of hydrogen-bond donors (Lipinski definition) is 2. The number of ether oxygens (including phenoxy) is 2. The van der Waals surface area contributed by atoms with E-state index < -0.39 is 23.8 Å². The van der Waals surface area contributed by atoms with Crippen molar-refractivity contribution < 1.29 is 29.3 Å². The molecule has 2 heterocycles. The summed E-state index contributed by atoms with van der Waals surface area (Å²) in [6.07, 6.45) is 8.77. The van der Waals surface area contributed by atoms with E-state index in [0.29, 0.717) is 24.9 Å². The average Bonchev–Trinajstić information content (AvgIpc) is 2.83. The van der Waals surface area contributed by atoms with E-state index in [1.807, 2.05) is 0 Å². The van der Waals surface area contributed by atoms with Crippen molar-refractivity contribution in [2.75, 3.05) is 6.61 Å². The monoisotopic (exact) mass is 528 g/mol. The molecule has 6 fully saturated rings. The third kappa shape index (κ3) is 3.03. The SMILES string of the molecule is CC(=O)O[C@@H]1[C@@H](C)[C@H](C)[C@@H]2C3=CC[C@@H]4[C@@]56CC[C@@](O)(OC5)C(C)(C)[C@H]6CC[C@@]4(C)[C@]3(C)CC[C@H]2[C@@H]1C(=O)O. The molecule has 7 aliphatic rings. The van der Waals surface area contributed by atoms with Crippen LogP contribution in [-0.4, -0.2) is 40.6 Å². The topological polar surface area (TPSA) is 93.1 Å². The molecule has 212 valence electrons. The molecule has 0 amide bonds. The van der Waals surface area contributed by atoms with Crippen molar-refractivity contribution in [1.82, 2.24) is 0 Å². The largest absolute Gasteiger partial charge is 0.481 e. The fraction of sp³-hybridized carbons (Fsp3) is 0.875. The van der Waals surface area contributed by atoms with Crippen LogP contribution in [0.3, 0.4) is 0 Å². The Balaban J connectivity index is 1.41. The van der Waals surface area contributed by atoms with Gasteiger partial charge in [0.1, 0.15) is 6.10 Å². The van der Waals surface area contributed by atoms with Gasteiger partial charge in [0.15, 0.2) is 5.79 Å². The molecule has 6 heteroatoms. The standard InChI is InChI=1S/C32H48O6/c1-17-18(2)26(38-19(3)33)25(27(34)35)20-10-12-29(6)21(24(17)20)8-9-23-30(29,7)13-11-22-28(4,5)32(36)15-14-31(22,23)16-37-32/h8,17-18,20,22-26,36H,9-16H2,1-7H3,(H,34,35)/t17-,18-,20+,22+,23-,24-,25-,26+,29+,30+,31-,32+/m0/s1. The van der Waals surface area contributed by atoms with Crippen LogP contribution in [0, 0.1) is 63.1 Å². The molecular weight excluding hydrogens is 480 g/mol. The second-order valence-corrected chi connectivity index (χ2v) is 15.2. The van der Waals surface area contributed by atoms with Gasteiger partial charge in [-0.3, -0.25) is 9.59 Å². The van der Waals surface area contributed by atoms with E-state index in [9.17, 15) is 19.8 Å². The van der Waals surface area contributed by atoms with Gasteiger partial charge < -0.3 is 19.7 Å². The predicted octanol–water partition coefficient (Wildman–Crippen LogP) is 5.83. The van der Waals surface area contributed by atoms with E-state index in [2.05, 4.69) is 47.6 Å². The third-order valence-corrected chi connectivity index (χ3v) is 14.1. The Morgan fingerprint density at radius 2 is 1.71 bits per heavy atom. The highest BCUT2D eigenvalue weighted by molar-refractivity contribution is 5.73. The van der Waals surface area contributed by atoms with Gasteiger partial charge in [-0.25, -0.2) is 0 Å². The van der Waals surface area contributed by atoms with Gasteiger partial charge in [-0.2, -0.15) is 0 Å². The van der Waals surface area contributed by atoms with E-state index >= 15 is 0 Å². The lowest BCUT2D eigenvalue weighted by molar-refractivity contribution is -0.395. The summed E-state index contributed by atoms with van der Waals surface area (Å²) in [5.74, 6) is -1.56. The number of carboxylic acids is 1. The Kier molecular flexibility index (Phi) is 5.70. The first kappa shape index (κ1) is 26.8. The number of esters is 1. The van der Waals surface area contributed by atoms with Gasteiger partial charge in [-0.05, 0) is 84.9 Å². The minimum atomic E-state index is -1.01. The number of fused-ring (bicyclic) bond motifs is 7. The smallest absolute Gasteiger partial charge is 0.310 e. The zero-order chi connectivity index (χ0) is 27.6. The summed E-state index contributed by atoms with van der Waals surface area (Å²) in [4.78, 5) is 24.6. The number of aliphatic hydroxyl groups is 1. The predicted molar refractivity (Wildman–Crippen MR) is 143 cm³/mol. The summed E-state index contributed by atoms with van der Waals surface area (Å²) in [5, 5.41) is 21.8. The van der Waals surface area contributed by atoms with Crippen LogP contribution in [0.1, 0.15) is 93.4 Å². The Morgan fingerprint density at radius 3 is 2.32 bits per heavy atom. The lowest BCUT2D eigenvalue weighted by Crippen LogP contribution is -2.73. The maximum Gasteiger partial charge on any atom is 0.310 e. The Bertz CT molecular complexity index is 1070. The van der Waals surface area contributed by atoms with E-state index in [1.165, 1.54) is 12.5 Å². The second kappa shape index (κ2) is 8.09. The molecule has 7 rings (SSSR count). The zero-order valence-electron chi connectivity index (χ0n) is 24.4. The van der Waals surface area contributed by atoms with Crippen LogP contribution in [-0.2, 0) is 19.1 Å². The van der Waals surface area contributed by atoms with Crippen LogP contribution in [0.4, 0.5) is 0 Å². The summed E-state index contributed by atoms with van der Waals surface area (Å²) in [6, 6.07) is 0. The first-order valence-corrected chi connectivity index (χ1v) is 15.1. The molecule has 0 radical (unpaired) electrons. The molecule has 2 bridgehead atoms. The number of hydrogen-bond acceptors (Lipinski definition) is 5. The van der Waals surface area contributed by atoms with E-state index in [1.54, 1.807) is 0 Å². The van der Waals surface area contributed by atoms with E-state index in [0.717, 1.165) is 38.5 Å². The number of carboxylic acid groups (broad SMARTS) is 1. The van der Waals surface area contributed by atoms with Crippen LogP contribution in [0.5, 0.6) is 0 Å². The Hall–Kier alpha value is -1.40. The second-order valence-electron chi connectivity index (χ2n) is 15.2. The average molecular weight is 529 g/mol. The molecule has 1 spiro atoms. The molecule has 2 aliphatic heterocycles. The fourth-order valence-electron chi connectivity index (χ4n) is 11.7. The first-order valence-electron chi connectivity index (χ1n) is 15.1. The third-order valence-electron chi connectivity index (χ3n) is 14.1. The molecule has 38 heavy (non-hydrogen) atoms. The van der Waals surface area contributed by atoms with Crippen LogP contribution in [0.2, 0.25) is 0 Å². The van der Waals surface area contributed by atoms with Gasteiger partial charge >= 0.3 is 11.9 Å². The van der Waals surface area contributed by atoms with Gasteiger partial charge in [0.2, 0.25) is 0 Å². The van der Waals surface area contributed by atoms with Crippen molar-refractivity contribution in [1.29, 1.82) is 0 Å². The molecule has 5 aliphatic carbocycles. The highest BCUT2D eigenvalue weighted by Gasteiger charge is 2.74. The molecular formula is C32H48O6. The van der Waals surface area contributed by atoms with Gasteiger partial charge in [-0.15, -0.1) is 0 Å². The lowest BCUT2D eigenvalue weighted by Gasteiger charge is -2.74. The number of rotatable bonds is 2. The number of allylic oxidation sites excluding steroid dienone is 2. The maximum atomic E-state index is 12.7. The Morgan fingerprint density at radius 1 is 1.00 bits per heavy atom. The summed E-state index contributed by atoms with van der Waals surface area (Å²) in [7, 11) is 0. The molecule has 12 atom stereocenters. The molecule has 0 unspecified atom stereocenters. The highest BCUT2D eigenvalue weighted by atomic mass is 16.6. The molecule has 0 aromatic carbocycles. The summed E-state index contributed by atoms with van der Waals surface area (Å²) < 4.78 is 12.0. The number of aliphatic carboxylic acids is 1. The summed E-state index contributed by atoms with van der Waals surface area (Å²) >= 11 is 0. The van der Waals surface area contributed by atoms with Gasteiger partial charge in [-0.1, -0.05) is 53.2 Å². The van der Waals surface area contributed by atoms with Crippen molar-refractivity contribution in [3.05, 3.63) is 11.6 Å². The molecule has 0 aromatic rings. The van der Waals surface area contributed by atoms with Crippen LogP contribution >= 0.6 is 0 Å². The summed E-state index contributed by atoms with van der Waals surface area (Å²) in [6.45, 7) is 15.8. The van der Waals surface area contributed by atoms with E-state index in [4.69, 9.17) is 9.47 Å². The van der Waals surface area contributed by atoms with E-state index in [-0.39, 0.29) is 51.3 Å². The fourth-order valence-corrected chi connectivity index (χ4v) is 11.7. The minimum absolute atomic E-state index is 0.00253. The molecule has 2 saturated heterocycles. The van der Waals surface area contributed by atoms with Crippen molar-refractivity contribution in [2.24, 2.45) is 63.1 Å². The maximum absolute atomic E-state index is 12.7. The molecule has 4 saturated carbocycles. The Labute approximate surface area is 227 Å². The van der Waals surface area contributed by atoms with Crippen molar-refractivity contribution in [3.63, 3.8) is 0 Å². The van der Waals surface area contributed by atoms with Crippen LogP contribution in [0.15, 0.2) is 11.6 Å². The number of carbonyl (C=O) groups is 2. The van der Waals surface area contributed by atoms with Gasteiger partial charge in [0.05, 0.1) is 12.5 Å². The van der Waals surface area contributed by atoms with Gasteiger partial charge in [0, 0.05) is 24.2 Å². The summed E-state index contributed by atoms with van der Waals surface area (Å²) in [5.41, 5.74) is 1.40. The molecule has 6 nitrogen and oxygen atoms in total. The quantitative estimate of drug-likeness (QED) is 0.346. The molecule has 0 aromatic heterocycles. The zero-order valence-corrected chi connectivity index (χ0v) is 24.4. The van der Waals surface area contributed by atoms with Gasteiger partial charge in [0.25, 0.3) is 0 Å². The lowest BCUT2D eigenvalue weighted by atomic mass is 9.33. The highest BCUT2D eigenvalue weighted by Crippen LogP contribution is 2.77. The van der Waals surface area contributed by atoms with Crippen molar-refractivity contribution in [3.8, 4) is 0 Å². The van der Waals surface area contributed by atoms with Crippen molar-refractivity contribution >= 4 is 11.9 Å². The van der Waals surface area contributed by atoms with Crippen LogP contribution < -0.4 is 0 Å². The van der Waals surface area contributed by atoms with Crippen molar-refractivity contribution in [2.45, 2.75) is 105 Å². The molecule has 2 N–H and O–H groups in total. The van der Waals surface area contributed by atoms with Crippen LogP contribution in [0.25, 0.3) is 0 Å². The minimum Gasteiger partial charge on any atom is -0.481 e.